The van der Waals surface area contributed by atoms with E-state index >= 15 is 0 Å². The average Bonchev–Trinajstić information content (AvgIpc) is 3.40. The molecule has 2 atom stereocenters. The predicted molar refractivity (Wildman–Crippen MR) is 131 cm³/mol. The molecule has 5 nitrogen and oxygen atoms in total. The number of nitrogens with one attached hydrogen (secondary N) is 2. The van der Waals surface area contributed by atoms with Gasteiger partial charge in [-0.2, -0.15) is 11.3 Å². The fourth-order valence-corrected chi connectivity index (χ4v) is 4.21. The summed E-state index contributed by atoms with van der Waals surface area (Å²) in [5.41, 5.74) is 2.62. The first kappa shape index (κ1) is 22.8. The number of hydrogen-bond donors (Lipinski definition) is 2. The van der Waals surface area contributed by atoms with Crippen molar-refractivity contribution >= 4 is 47.0 Å². The fourth-order valence-electron chi connectivity index (χ4n) is 3.43. The van der Waals surface area contributed by atoms with E-state index in [1.807, 2.05) is 13.1 Å². The highest BCUT2D eigenvalue weighted by Crippen LogP contribution is 2.26. The largest absolute Gasteiger partial charge is 0.497 e. The molecule has 7 heteroatoms. The number of thiophene rings is 1. The Bertz CT molecular complexity index is 738. The van der Waals surface area contributed by atoms with E-state index in [1.54, 1.807) is 18.4 Å². The molecule has 0 bridgehead atoms. The van der Waals surface area contributed by atoms with Crippen LogP contribution in [0, 0.1) is 5.92 Å². The number of guanidine groups is 1. The van der Waals surface area contributed by atoms with E-state index in [-0.39, 0.29) is 24.0 Å². The summed E-state index contributed by atoms with van der Waals surface area (Å²) in [6.45, 7) is 6.21. The molecule has 1 aliphatic rings. The first-order valence-electron chi connectivity index (χ1n) is 9.55. The second-order valence-corrected chi connectivity index (χ2v) is 7.87. The summed E-state index contributed by atoms with van der Waals surface area (Å²) >= 11 is 1.75. The summed E-state index contributed by atoms with van der Waals surface area (Å²) in [5.74, 6) is 2.89. The first-order chi connectivity index (χ1) is 13.2. The summed E-state index contributed by atoms with van der Waals surface area (Å²) in [6.07, 6.45) is 1.19. The molecule has 154 valence electrons. The maximum atomic E-state index is 5.35. The lowest BCUT2D eigenvalue weighted by Crippen LogP contribution is -2.41. The zero-order chi connectivity index (χ0) is 19.1. The van der Waals surface area contributed by atoms with E-state index in [4.69, 9.17) is 4.74 Å². The summed E-state index contributed by atoms with van der Waals surface area (Å²) < 4.78 is 5.35. The quantitative estimate of drug-likeness (QED) is 0.331. The van der Waals surface area contributed by atoms with Crippen LogP contribution in [-0.2, 0) is 0 Å². The number of aliphatic imine (C=N–C) groups is 1. The molecular weight excluding hydrogens is 483 g/mol. The van der Waals surface area contributed by atoms with Crippen molar-refractivity contribution in [2.24, 2.45) is 10.9 Å². The second kappa shape index (κ2) is 11.5. The molecule has 1 fully saturated rings. The third kappa shape index (κ3) is 6.27. The molecule has 28 heavy (non-hydrogen) atoms. The van der Waals surface area contributed by atoms with Crippen LogP contribution in [0.5, 0.6) is 5.75 Å². The molecule has 0 aliphatic carbocycles. The molecule has 0 saturated carbocycles. The molecule has 1 aromatic heterocycles. The van der Waals surface area contributed by atoms with Gasteiger partial charge in [0.05, 0.1) is 7.11 Å². The van der Waals surface area contributed by atoms with Gasteiger partial charge in [0.1, 0.15) is 5.75 Å². The van der Waals surface area contributed by atoms with Gasteiger partial charge < -0.3 is 20.3 Å². The molecule has 1 aromatic carbocycles. The summed E-state index contributed by atoms with van der Waals surface area (Å²) in [6, 6.07) is 10.5. The van der Waals surface area contributed by atoms with Crippen LogP contribution in [0.4, 0.5) is 5.69 Å². The van der Waals surface area contributed by atoms with E-state index in [0.717, 1.165) is 37.9 Å². The van der Waals surface area contributed by atoms with E-state index in [9.17, 15) is 0 Å². The van der Waals surface area contributed by atoms with Crippen LogP contribution < -0.4 is 20.3 Å². The van der Waals surface area contributed by atoms with E-state index in [2.05, 4.69) is 62.5 Å². The highest BCUT2D eigenvalue weighted by molar-refractivity contribution is 14.0. The molecule has 0 spiro atoms. The van der Waals surface area contributed by atoms with E-state index in [0.29, 0.717) is 11.8 Å². The minimum Gasteiger partial charge on any atom is -0.497 e. The zero-order valence-electron chi connectivity index (χ0n) is 16.9. The molecule has 2 heterocycles. The van der Waals surface area contributed by atoms with Crippen molar-refractivity contribution in [2.45, 2.75) is 19.3 Å². The Morgan fingerprint density at radius 3 is 2.93 bits per heavy atom. The van der Waals surface area contributed by atoms with Gasteiger partial charge in [0.2, 0.25) is 0 Å². The van der Waals surface area contributed by atoms with Crippen LogP contribution in [0.1, 0.15) is 24.8 Å². The van der Waals surface area contributed by atoms with Gasteiger partial charge in [0, 0.05) is 45.0 Å². The van der Waals surface area contributed by atoms with Crippen LogP contribution in [-0.4, -0.2) is 46.3 Å². The third-order valence-electron chi connectivity index (χ3n) is 5.17. The van der Waals surface area contributed by atoms with Gasteiger partial charge in [-0.15, -0.1) is 24.0 Å². The Morgan fingerprint density at radius 1 is 1.36 bits per heavy atom. The lowest BCUT2D eigenvalue weighted by molar-refractivity contribution is 0.415. The van der Waals surface area contributed by atoms with Gasteiger partial charge in [-0.1, -0.05) is 13.0 Å². The fraction of sp³-hybridized carbons (Fsp3) is 0.476. The molecule has 1 saturated heterocycles. The zero-order valence-corrected chi connectivity index (χ0v) is 20.0. The van der Waals surface area contributed by atoms with Gasteiger partial charge in [0.25, 0.3) is 0 Å². The topological polar surface area (TPSA) is 48.9 Å². The maximum Gasteiger partial charge on any atom is 0.191 e. The second-order valence-electron chi connectivity index (χ2n) is 7.09. The average molecular weight is 514 g/mol. The summed E-state index contributed by atoms with van der Waals surface area (Å²) in [4.78, 5) is 6.80. The number of benzene rings is 1. The van der Waals surface area contributed by atoms with Crippen LogP contribution in [0.25, 0.3) is 0 Å². The van der Waals surface area contributed by atoms with Gasteiger partial charge in [0.15, 0.2) is 5.96 Å². The summed E-state index contributed by atoms with van der Waals surface area (Å²) in [7, 11) is 3.55. The predicted octanol–water partition coefficient (Wildman–Crippen LogP) is 4.17. The van der Waals surface area contributed by atoms with Crippen molar-refractivity contribution in [3.8, 4) is 5.75 Å². The molecule has 2 unspecified atom stereocenters. The molecule has 3 rings (SSSR count). The summed E-state index contributed by atoms with van der Waals surface area (Å²) in [5, 5.41) is 11.3. The van der Waals surface area contributed by atoms with Crippen LogP contribution >= 0.6 is 35.3 Å². The van der Waals surface area contributed by atoms with Crippen LogP contribution in [0.2, 0.25) is 0 Å². The highest BCUT2D eigenvalue weighted by Gasteiger charge is 2.23. The standard InChI is InChI=1S/C21H30N4OS.HI/c1-16(18-8-10-27-15-18)12-23-21(22-2)24-13-17-7-9-25(14-17)19-5-4-6-20(11-19)26-3;/h4-6,8,10-11,15-17H,7,9,12-14H2,1-3H3,(H2,22,23,24);1H. The molecule has 0 radical (unpaired) electrons. The lowest BCUT2D eigenvalue weighted by Gasteiger charge is -2.20. The monoisotopic (exact) mass is 514 g/mol. The SMILES string of the molecule is CN=C(NCC1CCN(c2cccc(OC)c2)C1)NCC(C)c1ccsc1.I. The number of nitrogens with zero attached hydrogens (tertiary/aromatic N) is 2. The van der Waals surface area contributed by atoms with E-state index < -0.39 is 0 Å². The van der Waals surface area contributed by atoms with Gasteiger partial charge in [-0.05, 0) is 52.8 Å². The first-order valence-corrected chi connectivity index (χ1v) is 10.5. The van der Waals surface area contributed by atoms with E-state index in [1.165, 1.54) is 17.7 Å². The number of anilines is 1. The molecule has 0 amide bonds. The Labute approximate surface area is 189 Å². The van der Waals surface area contributed by atoms with Crippen molar-refractivity contribution < 1.29 is 4.74 Å². The van der Waals surface area contributed by atoms with Crippen molar-refractivity contribution in [3.63, 3.8) is 0 Å². The molecular formula is C21H31IN4OS. The molecule has 2 N–H and O–H groups in total. The number of methoxy groups -OCH3 is 1. The third-order valence-corrected chi connectivity index (χ3v) is 5.88. The van der Waals surface area contributed by atoms with Crippen LogP contribution in [0.15, 0.2) is 46.1 Å². The Balaban J connectivity index is 0.00000280. The maximum absolute atomic E-state index is 5.35. The number of halogens is 1. The highest BCUT2D eigenvalue weighted by atomic mass is 127. The van der Waals surface area contributed by atoms with Crippen molar-refractivity contribution in [1.29, 1.82) is 0 Å². The minimum atomic E-state index is 0. The normalized spacial score (nSPS) is 17.8. The molecule has 2 aromatic rings. The Hall–Kier alpha value is -1.48. The van der Waals surface area contributed by atoms with Gasteiger partial charge >= 0.3 is 0 Å². The van der Waals surface area contributed by atoms with Gasteiger partial charge in [-0.25, -0.2) is 0 Å². The van der Waals surface area contributed by atoms with Crippen molar-refractivity contribution in [1.82, 2.24) is 10.6 Å². The van der Waals surface area contributed by atoms with Crippen LogP contribution in [0.3, 0.4) is 0 Å². The van der Waals surface area contributed by atoms with Crippen molar-refractivity contribution in [2.75, 3.05) is 45.2 Å². The molecule has 1 aliphatic heterocycles. The number of hydrogen-bond acceptors (Lipinski definition) is 4. The number of rotatable bonds is 7. The minimum absolute atomic E-state index is 0. The Morgan fingerprint density at radius 2 is 2.21 bits per heavy atom. The lowest BCUT2D eigenvalue weighted by atomic mass is 10.1. The van der Waals surface area contributed by atoms with Gasteiger partial charge in [-0.3, -0.25) is 4.99 Å². The number of ether oxygens (including phenoxy) is 1. The Kier molecular flexibility index (Phi) is 9.37. The smallest absolute Gasteiger partial charge is 0.191 e. The van der Waals surface area contributed by atoms with Crippen molar-refractivity contribution in [3.05, 3.63) is 46.7 Å².